The number of nitrogens with zero attached hydrogens (tertiary/aromatic N) is 1. The third-order valence-electron chi connectivity index (χ3n) is 16.4. The maximum Gasteiger partial charge on any atom is 0.0945 e. The SMILES string of the molecule is CCCCCCCCCCCCCCCCC([NH3+])(CCCCCCCCCCCCCCCC)CCCCCCCCCCCCCCCC.CCCCCCCCCCCCCCCC[N+](C)(C)C.[Cl-].[Cl-]. The van der Waals surface area contributed by atoms with Crippen molar-refractivity contribution in [2.45, 2.75) is 412 Å². The van der Waals surface area contributed by atoms with Gasteiger partial charge in [0.05, 0.1) is 33.2 Å². The topological polar surface area (TPSA) is 27.6 Å². The molecular formula is C68H144Cl2N2. The molecule has 4 heteroatoms. The fraction of sp³-hybridized carbons (Fsp3) is 1.00. The minimum atomic E-state index is 0. The minimum absolute atomic E-state index is 0. The Morgan fingerprint density at radius 2 is 0.333 bits per heavy atom. The number of rotatable bonds is 60. The Balaban J connectivity index is -0.000000882. The van der Waals surface area contributed by atoms with E-state index in [-0.39, 0.29) is 24.8 Å². The van der Waals surface area contributed by atoms with E-state index in [0.29, 0.717) is 5.54 Å². The molecule has 2 nitrogen and oxygen atoms in total. The summed E-state index contributed by atoms with van der Waals surface area (Å²) >= 11 is 0. The first-order valence-corrected chi connectivity index (χ1v) is 33.9. The van der Waals surface area contributed by atoms with Gasteiger partial charge in [-0.15, -0.1) is 0 Å². The van der Waals surface area contributed by atoms with E-state index in [2.05, 4.69) is 48.8 Å². The van der Waals surface area contributed by atoms with E-state index in [0.717, 1.165) is 4.48 Å². The predicted octanol–water partition coefficient (Wildman–Crippen LogP) is 17.8. The molecular weight excluding hydrogens is 916 g/mol. The first-order chi connectivity index (χ1) is 34.2. The van der Waals surface area contributed by atoms with Gasteiger partial charge in [-0.1, -0.05) is 355 Å². The van der Waals surface area contributed by atoms with Gasteiger partial charge in [0, 0.05) is 19.3 Å². The second-order valence-electron chi connectivity index (χ2n) is 25.1. The van der Waals surface area contributed by atoms with Crippen LogP contribution in [0.4, 0.5) is 0 Å². The van der Waals surface area contributed by atoms with Crippen LogP contribution in [0, 0.1) is 0 Å². The average molecular weight is 1060 g/mol. The van der Waals surface area contributed by atoms with Crippen molar-refractivity contribution in [3.63, 3.8) is 0 Å². The van der Waals surface area contributed by atoms with Gasteiger partial charge in [-0.05, 0) is 32.1 Å². The third kappa shape index (κ3) is 72.6. The second-order valence-corrected chi connectivity index (χ2v) is 25.1. The summed E-state index contributed by atoms with van der Waals surface area (Å²) in [6.07, 6.45) is 85.8. The highest BCUT2D eigenvalue weighted by atomic mass is 35.5. The molecule has 0 fully saturated rings. The number of halogens is 2. The number of unbranched alkanes of at least 4 members (excludes halogenated alkanes) is 52. The summed E-state index contributed by atoms with van der Waals surface area (Å²) in [6, 6.07) is 0. The highest BCUT2D eigenvalue weighted by Gasteiger charge is 2.27. The van der Waals surface area contributed by atoms with Gasteiger partial charge in [0.15, 0.2) is 0 Å². The molecule has 0 spiro atoms. The van der Waals surface area contributed by atoms with E-state index in [4.69, 9.17) is 5.73 Å². The Kier molecular flexibility index (Phi) is 74.2. The van der Waals surface area contributed by atoms with Crippen LogP contribution in [-0.4, -0.2) is 37.7 Å². The Hall–Kier alpha value is 0.500. The molecule has 440 valence electrons. The van der Waals surface area contributed by atoms with Crippen molar-refractivity contribution in [2.24, 2.45) is 0 Å². The predicted molar refractivity (Wildman–Crippen MR) is 324 cm³/mol. The van der Waals surface area contributed by atoms with Gasteiger partial charge in [-0.3, -0.25) is 0 Å². The molecule has 0 unspecified atom stereocenters. The van der Waals surface area contributed by atoms with Gasteiger partial charge in [0.25, 0.3) is 0 Å². The Morgan fingerprint density at radius 1 is 0.208 bits per heavy atom. The average Bonchev–Trinajstić information content (AvgIpc) is 3.34. The lowest BCUT2D eigenvalue weighted by atomic mass is 9.82. The second kappa shape index (κ2) is 67.6. The lowest BCUT2D eigenvalue weighted by Gasteiger charge is -2.26. The van der Waals surface area contributed by atoms with Crippen molar-refractivity contribution in [2.75, 3.05) is 27.7 Å². The Morgan fingerprint density at radius 3 is 0.472 bits per heavy atom. The van der Waals surface area contributed by atoms with Gasteiger partial charge in [-0.25, -0.2) is 0 Å². The van der Waals surface area contributed by atoms with E-state index < -0.39 is 0 Å². The molecule has 0 aliphatic rings. The molecule has 0 heterocycles. The lowest BCUT2D eigenvalue weighted by molar-refractivity contribution is -0.870. The zero-order chi connectivity index (χ0) is 51.4. The van der Waals surface area contributed by atoms with Gasteiger partial charge in [0.1, 0.15) is 0 Å². The minimum Gasteiger partial charge on any atom is -1.00 e. The maximum atomic E-state index is 4.97. The Bertz CT molecular complexity index is 824. The smallest absolute Gasteiger partial charge is 0.0945 e. The normalized spacial score (nSPS) is 11.7. The summed E-state index contributed by atoms with van der Waals surface area (Å²) < 4.78 is 1.12. The van der Waals surface area contributed by atoms with Crippen LogP contribution in [0.5, 0.6) is 0 Å². The van der Waals surface area contributed by atoms with E-state index in [1.54, 1.807) is 0 Å². The van der Waals surface area contributed by atoms with Crippen LogP contribution in [-0.2, 0) is 0 Å². The van der Waals surface area contributed by atoms with Crippen molar-refractivity contribution < 1.29 is 35.0 Å². The molecule has 0 saturated carbocycles. The molecule has 0 aliphatic carbocycles. The van der Waals surface area contributed by atoms with Gasteiger partial charge in [-0.2, -0.15) is 0 Å². The first kappa shape index (κ1) is 79.0. The zero-order valence-electron chi connectivity index (χ0n) is 51.8. The molecule has 72 heavy (non-hydrogen) atoms. The largest absolute Gasteiger partial charge is 1.00 e. The van der Waals surface area contributed by atoms with Crippen molar-refractivity contribution in [3.05, 3.63) is 0 Å². The first-order valence-electron chi connectivity index (χ1n) is 33.9. The fourth-order valence-electron chi connectivity index (χ4n) is 11.2. The summed E-state index contributed by atoms with van der Waals surface area (Å²) in [5.41, 5.74) is 5.33. The van der Waals surface area contributed by atoms with Crippen LogP contribution in [0.1, 0.15) is 407 Å². The highest BCUT2D eigenvalue weighted by Crippen LogP contribution is 2.26. The van der Waals surface area contributed by atoms with Crippen LogP contribution in [0.2, 0.25) is 0 Å². The van der Waals surface area contributed by atoms with Crippen molar-refractivity contribution in [1.82, 2.24) is 0 Å². The molecule has 0 aromatic carbocycles. The van der Waals surface area contributed by atoms with E-state index in [9.17, 15) is 0 Å². The van der Waals surface area contributed by atoms with Gasteiger partial charge >= 0.3 is 0 Å². The molecule has 0 saturated heterocycles. The van der Waals surface area contributed by atoms with Gasteiger partial charge < -0.3 is 35.0 Å². The number of hydrogen-bond donors (Lipinski definition) is 1. The van der Waals surface area contributed by atoms with E-state index >= 15 is 0 Å². The molecule has 0 atom stereocenters. The summed E-state index contributed by atoms with van der Waals surface area (Å²) in [4.78, 5) is 0. The summed E-state index contributed by atoms with van der Waals surface area (Å²) in [5.74, 6) is 0. The third-order valence-corrected chi connectivity index (χ3v) is 16.4. The lowest BCUT2D eigenvalue weighted by Crippen LogP contribution is -3.00. The van der Waals surface area contributed by atoms with Crippen molar-refractivity contribution in [3.8, 4) is 0 Å². The maximum absolute atomic E-state index is 4.97. The van der Waals surface area contributed by atoms with Crippen LogP contribution in [0.15, 0.2) is 0 Å². The van der Waals surface area contributed by atoms with Crippen LogP contribution in [0.3, 0.4) is 0 Å². The van der Waals surface area contributed by atoms with Crippen LogP contribution in [0.25, 0.3) is 0 Å². The molecule has 0 bridgehead atoms. The summed E-state index contributed by atoms with van der Waals surface area (Å²) in [7, 11) is 6.88. The molecule has 3 N–H and O–H groups in total. The zero-order valence-corrected chi connectivity index (χ0v) is 53.3. The van der Waals surface area contributed by atoms with Gasteiger partial charge in [0.2, 0.25) is 0 Å². The molecule has 0 aliphatic heterocycles. The summed E-state index contributed by atoms with van der Waals surface area (Å²) in [5, 5.41) is 0. The number of hydrogen-bond acceptors (Lipinski definition) is 0. The van der Waals surface area contributed by atoms with Crippen LogP contribution >= 0.6 is 0 Å². The molecule has 0 aromatic heterocycles. The molecule has 0 radical (unpaired) electrons. The van der Waals surface area contributed by atoms with Crippen molar-refractivity contribution in [1.29, 1.82) is 0 Å². The fourth-order valence-corrected chi connectivity index (χ4v) is 11.2. The quantitative estimate of drug-likeness (QED) is 0.0464. The molecule has 0 aromatic rings. The molecule has 0 rings (SSSR count). The van der Waals surface area contributed by atoms with E-state index in [1.165, 1.54) is 385 Å². The standard InChI is InChI=1S/C49H101N.C19H42N.2ClH/c1-4-7-10-13-16-19-22-25-28-31-34-37-40-43-46-49(50,47-44-41-38-35-32-29-26-23-20-17-14-11-8-5-2)48-45-42-39-36-33-30-27-24-21-18-15-12-9-6-3;1-5-6-7-8-9-10-11-12-13-14-15-16-17-18-19-20(2,3)4;;/h4-48,50H2,1-3H3;5-19H2,1-4H3;2*1H/q;+1;;/p-1. The van der Waals surface area contributed by atoms with E-state index in [1.807, 2.05) is 0 Å². The van der Waals surface area contributed by atoms with Crippen LogP contribution < -0.4 is 30.5 Å². The monoisotopic (exact) mass is 1060 g/mol. The summed E-state index contributed by atoms with van der Waals surface area (Å²) in [6.45, 7) is 10.6. The molecule has 0 amide bonds. The highest BCUT2D eigenvalue weighted by molar-refractivity contribution is 4.77. The Labute approximate surface area is 472 Å². The van der Waals surface area contributed by atoms with Crippen molar-refractivity contribution >= 4 is 0 Å². The number of quaternary nitrogens is 2.